The van der Waals surface area contributed by atoms with E-state index in [1.165, 1.54) is 22.4 Å². The van der Waals surface area contributed by atoms with Gasteiger partial charge in [0.05, 0.1) is 0 Å². The maximum atomic E-state index is 2.34. The summed E-state index contributed by atoms with van der Waals surface area (Å²) in [5.74, 6) is 1.29. The summed E-state index contributed by atoms with van der Waals surface area (Å²) in [4.78, 5) is 0. The Kier molecular flexibility index (Phi) is 4.04. The fraction of sp³-hybridized carbons (Fsp3) is 0.389. The first kappa shape index (κ1) is 13.8. The van der Waals surface area contributed by atoms with Crippen LogP contribution in [0.5, 0.6) is 0 Å². The molecule has 1 heteroatoms. The summed E-state index contributed by atoms with van der Waals surface area (Å²) >= 11 is 0. The second-order valence-corrected chi connectivity index (χ2v) is 5.80. The van der Waals surface area contributed by atoms with Gasteiger partial charge in [0.1, 0.15) is 7.05 Å². The summed E-state index contributed by atoms with van der Waals surface area (Å²) < 4.78 is 2.17. The predicted molar refractivity (Wildman–Crippen MR) is 81.0 cm³/mol. The third kappa shape index (κ3) is 2.86. The SMILES string of the molecule is Cc1cc(C(C)C(C)C)ccc1-c1cccc[n+]1C. The standard InChI is InChI=1S/C18H24N/c1-13(2)15(4)16-9-10-17(14(3)12-16)18-8-6-7-11-19(18)5/h6-13,15H,1-5H3/q+1. The van der Waals surface area contributed by atoms with Crippen molar-refractivity contribution in [3.8, 4) is 11.3 Å². The lowest BCUT2D eigenvalue weighted by molar-refractivity contribution is -0.660. The van der Waals surface area contributed by atoms with Crippen LogP contribution in [0.3, 0.4) is 0 Å². The van der Waals surface area contributed by atoms with Crippen molar-refractivity contribution in [2.75, 3.05) is 0 Å². The molecule has 1 aromatic carbocycles. The van der Waals surface area contributed by atoms with Crippen LogP contribution in [0.2, 0.25) is 0 Å². The van der Waals surface area contributed by atoms with Crippen LogP contribution in [0.1, 0.15) is 37.8 Å². The first-order chi connectivity index (χ1) is 9.00. The molecule has 0 aliphatic carbocycles. The minimum absolute atomic E-state index is 0.609. The highest BCUT2D eigenvalue weighted by atomic mass is 14.9. The predicted octanol–water partition coefficient (Wildman–Crippen LogP) is 4.25. The van der Waals surface area contributed by atoms with Gasteiger partial charge in [0.2, 0.25) is 5.69 Å². The number of hydrogen-bond donors (Lipinski definition) is 0. The van der Waals surface area contributed by atoms with Crippen LogP contribution in [0.4, 0.5) is 0 Å². The normalized spacial score (nSPS) is 12.7. The summed E-state index contributed by atoms with van der Waals surface area (Å²) in [6.45, 7) is 9.08. The topological polar surface area (TPSA) is 3.88 Å². The van der Waals surface area contributed by atoms with Gasteiger partial charge in [-0.1, -0.05) is 32.9 Å². The highest BCUT2D eigenvalue weighted by Crippen LogP contribution is 2.28. The lowest BCUT2D eigenvalue weighted by Gasteiger charge is -2.17. The van der Waals surface area contributed by atoms with Crippen molar-refractivity contribution in [3.05, 3.63) is 53.7 Å². The summed E-state index contributed by atoms with van der Waals surface area (Å²) in [5, 5.41) is 0. The Hall–Kier alpha value is -1.63. The molecular formula is C18H24N+. The van der Waals surface area contributed by atoms with Crippen molar-refractivity contribution < 1.29 is 4.57 Å². The number of pyridine rings is 1. The van der Waals surface area contributed by atoms with Crippen molar-refractivity contribution in [3.63, 3.8) is 0 Å². The number of aromatic nitrogens is 1. The number of nitrogens with zero attached hydrogens (tertiary/aromatic N) is 1. The lowest BCUT2D eigenvalue weighted by Crippen LogP contribution is -2.30. The molecule has 0 saturated carbocycles. The molecule has 19 heavy (non-hydrogen) atoms. The molecule has 0 saturated heterocycles. The highest BCUT2D eigenvalue weighted by molar-refractivity contribution is 5.61. The summed E-state index contributed by atoms with van der Waals surface area (Å²) in [6.07, 6.45) is 2.10. The van der Waals surface area contributed by atoms with Gasteiger partial charge in [0, 0.05) is 17.7 Å². The monoisotopic (exact) mass is 254 g/mol. The van der Waals surface area contributed by atoms with E-state index in [0.29, 0.717) is 11.8 Å². The van der Waals surface area contributed by atoms with Crippen LogP contribution < -0.4 is 4.57 Å². The van der Waals surface area contributed by atoms with Gasteiger partial charge >= 0.3 is 0 Å². The van der Waals surface area contributed by atoms with Crippen LogP contribution in [0.15, 0.2) is 42.6 Å². The molecule has 100 valence electrons. The maximum Gasteiger partial charge on any atom is 0.212 e. The van der Waals surface area contributed by atoms with Crippen molar-refractivity contribution in [1.29, 1.82) is 0 Å². The minimum atomic E-state index is 0.609. The van der Waals surface area contributed by atoms with Gasteiger partial charge in [-0.3, -0.25) is 0 Å². The van der Waals surface area contributed by atoms with E-state index < -0.39 is 0 Å². The van der Waals surface area contributed by atoms with Crippen LogP contribution in [0.25, 0.3) is 11.3 Å². The Balaban J connectivity index is 2.43. The Morgan fingerprint density at radius 1 is 1.00 bits per heavy atom. The van der Waals surface area contributed by atoms with Crippen LogP contribution in [-0.2, 0) is 7.05 Å². The molecule has 1 unspecified atom stereocenters. The molecule has 1 atom stereocenters. The Morgan fingerprint density at radius 3 is 2.32 bits per heavy atom. The third-order valence-corrected chi connectivity index (χ3v) is 4.11. The first-order valence-electron chi connectivity index (χ1n) is 7.06. The summed E-state index contributed by atoms with van der Waals surface area (Å²) in [5.41, 5.74) is 5.38. The molecule has 1 heterocycles. The van der Waals surface area contributed by atoms with Crippen LogP contribution >= 0.6 is 0 Å². The van der Waals surface area contributed by atoms with Gasteiger partial charge in [0.15, 0.2) is 6.20 Å². The first-order valence-corrected chi connectivity index (χ1v) is 7.06. The van der Waals surface area contributed by atoms with Crippen molar-refractivity contribution >= 4 is 0 Å². The van der Waals surface area contributed by atoms with Crippen LogP contribution in [-0.4, -0.2) is 0 Å². The van der Waals surface area contributed by atoms with E-state index in [-0.39, 0.29) is 0 Å². The van der Waals surface area contributed by atoms with E-state index in [9.17, 15) is 0 Å². The molecule has 2 rings (SSSR count). The molecule has 0 bridgehead atoms. The minimum Gasteiger partial charge on any atom is -0.201 e. The number of hydrogen-bond acceptors (Lipinski definition) is 0. The molecule has 0 radical (unpaired) electrons. The van der Waals surface area contributed by atoms with Gasteiger partial charge in [-0.15, -0.1) is 0 Å². The number of benzene rings is 1. The molecule has 0 N–H and O–H groups in total. The van der Waals surface area contributed by atoms with Gasteiger partial charge in [-0.05, 0) is 42.0 Å². The van der Waals surface area contributed by atoms with E-state index in [0.717, 1.165) is 0 Å². The van der Waals surface area contributed by atoms with E-state index in [2.05, 4.69) is 81.9 Å². The van der Waals surface area contributed by atoms with Gasteiger partial charge in [-0.25, -0.2) is 4.57 Å². The molecule has 0 amide bonds. The molecule has 2 aromatic rings. The zero-order valence-electron chi connectivity index (χ0n) is 12.6. The second kappa shape index (κ2) is 5.56. The molecule has 1 aromatic heterocycles. The smallest absolute Gasteiger partial charge is 0.201 e. The molecule has 0 fully saturated rings. The molecule has 0 aliphatic heterocycles. The van der Waals surface area contributed by atoms with Crippen LogP contribution in [0, 0.1) is 12.8 Å². The highest BCUT2D eigenvalue weighted by Gasteiger charge is 2.14. The quantitative estimate of drug-likeness (QED) is 0.721. The van der Waals surface area contributed by atoms with Crippen molar-refractivity contribution in [2.45, 2.75) is 33.6 Å². The van der Waals surface area contributed by atoms with Gasteiger partial charge in [-0.2, -0.15) is 0 Å². The van der Waals surface area contributed by atoms with Gasteiger partial charge < -0.3 is 0 Å². The summed E-state index contributed by atoms with van der Waals surface area (Å²) in [6, 6.07) is 13.2. The number of aryl methyl sites for hydroxylation is 2. The molecule has 0 spiro atoms. The Morgan fingerprint density at radius 2 is 1.74 bits per heavy atom. The van der Waals surface area contributed by atoms with Crippen molar-refractivity contribution in [2.24, 2.45) is 13.0 Å². The molecule has 1 nitrogen and oxygen atoms in total. The zero-order valence-corrected chi connectivity index (χ0v) is 12.6. The fourth-order valence-electron chi connectivity index (χ4n) is 2.45. The fourth-order valence-corrected chi connectivity index (χ4v) is 2.45. The Bertz CT molecular complexity index is 570. The third-order valence-electron chi connectivity index (χ3n) is 4.11. The maximum absolute atomic E-state index is 2.34. The average molecular weight is 254 g/mol. The summed E-state index contributed by atoms with van der Waals surface area (Å²) in [7, 11) is 2.10. The zero-order chi connectivity index (χ0) is 14.0. The van der Waals surface area contributed by atoms with E-state index in [4.69, 9.17) is 0 Å². The molecule has 0 aliphatic rings. The van der Waals surface area contributed by atoms with E-state index >= 15 is 0 Å². The average Bonchev–Trinajstić information content (AvgIpc) is 2.38. The molecular weight excluding hydrogens is 230 g/mol. The van der Waals surface area contributed by atoms with Crippen molar-refractivity contribution in [1.82, 2.24) is 0 Å². The largest absolute Gasteiger partial charge is 0.212 e. The van der Waals surface area contributed by atoms with E-state index in [1.54, 1.807) is 0 Å². The number of rotatable bonds is 3. The lowest BCUT2D eigenvalue weighted by atomic mass is 9.88. The second-order valence-electron chi connectivity index (χ2n) is 5.80. The Labute approximate surface area is 116 Å². The van der Waals surface area contributed by atoms with E-state index in [1.807, 2.05) is 0 Å². The van der Waals surface area contributed by atoms with Gasteiger partial charge in [0.25, 0.3) is 0 Å².